The Labute approximate surface area is 106 Å². The van der Waals surface area contributed by atoms with Crippen LogP contribution in [0.3, 0.4) is 0 Å². The Balaban J connectivity index is 2.20. The van der Waals surface area contributed by atoms with Crippen LogP contribution in [-0.4, -0.2) is 24.5 Å². The number of hydrogen-bond acceptors (Lipinski definition) is 2. The summed E-state index contributed by atoms with van der Waals surface area (Å²) in [7, 11) is 0. The van der Waals surface area contributed by atoms with Crippen molar-refractivity contribution in [2.24, 2.45) is 5.92 Å². The topological polar surface area (TPSA) is 41.1 Å². The number of rotatable bonds is 7. The first-order chi connectivity index (χ1) is 8.10. The van der Waals surface area contributed by atoms with E-state index in [1.165, 1.54) is 12.8 Å². The quantitative estimate of drug-likeness (QED) is 0.671. The van der Waals surface area contributed by atoms with Crippen LogP contribution in [0.4, 0.5) is 0 Å². The molecule has 0 saturated carbocycles. The molecule has 0 spiro atoms. The summed E-state index contributed by atoms with van der Waals surface area (Å²) >= 11 is 0. The van der Waals surface area contributed by atoms with Crippen molar-refractivity contribution in [2.45, 2.75) is 64.8 Å². The Bertz CT molecular complexity index is 232. The summed E-state index contributed by atoms with van der Waals surface area (Å²) in [5.74, 6) is 0.978. The van der Waals surface area contributed by atoms with Gasteiger partial charge in [-0.25, -0.2) is 0 Å². The number of carbonyl (C=O) groups is 1. The van der Waals surface area contributed by atoms with E-state index in [1.54, 1.807) is 0 Å². The van der Waals surface area contributed by atoms with Crippen molar-refractivity contribution in [1.82, 2.24) is 10.6 Å². The zero-order valence-electron chi connectivity index (χ0n) is 11.6. The van der Waals surface area contributed by atoms with Gasteiger partial charge in [-0.1, -0.05) is 33.6 Å². The predicted molar refractivity (Wildman–Crippen MR) is 72.0 cm³/mol. The summed E-state index contributed by atoms with van der Waals surface area (Å²) in [5, 5.41) is 6.46. The molecule has 0 aromatic rings. The standard InChI is InChI=1S/C14H28N2O/c1-4-14(9-7-11-16-14)13(17)15-10-6-5-8-12(2)3/h12,16H,4-11H2,1-3H3,(H,15,17). The van der Waals surface area contributed by atoms with Gasteiger partial charge in [-0.05, 0) is 38.1 Å². The van der Waals surface area contributed by atoms with Crippen LogP contribution < -0.4 is 10.6 Å². The van der Waals surface area contributed by atoms with Gasteiger partial charge >= 0.3 is 0 Å². The van der Waals surface area contributed by atoms with Crippen molar-refractivity contribution in [1.29, 1.82) is 0 Å². The number of nitrogens with one attached hydrogen (secondary N) is 2. The fourth-order valence-electron chi connectivity index (χ4n) is 2.51. The van der Waals surface area contributed by atoms with E-state index in [2.05, 4.69) is 31.4 Å². The van der Waals surface area contributed by atoms with Crippen molar-refractivity contribution in [3.05, 3.63) is 0 Å². The van der Waals surface area contributed by atoms with Gasteiger partial charge in [0.2, 0.25) is 5.91 Å². The van der Waals surface area contributed by atoms with Crippen LogP contribution >= 0.6 is 0 Å². The van der Waals surface area contributed by atoms with E-state index in [-0.39, 0.29) is 11.4 Å². The van der Waals surface area contributed by atoms with E-state index in [9.17, 15) is 4.79 Å². The smallest absolute Gasteiger partial charge is 0.240 e. The van der Waals surface area contributed by atoms with Crippen LogP contribution in [0.1, 0.15) is 59.3 Å². The van der Waals surface area contributed by atoms with Crippen LogP contribution in [0.2, 0.25) is 0 Å². The molecule has 1 fully saturated rings. The molecule has 100 valence electrons. The van der Waals surface area contributed by atoms with E-state index in [4.69, 9.17) is 0 Å². The Kier molecular flexibility index (Phi) is 5.96. The third kappa shape index (κ3) is 4.30. The summed E-state index contributed by atoms with van der Waals surface area (Å²) in [6, 6.07) is 0. The molecular weight excluding hydrogens is 212 g/mol. The average Bonchev–Trinajstić information content (AvgIpc) is 2.77. The number of carbonyl (C=O) groups excluding carboxylic acids is 1. The average molecular weight is 240 g/mol. The van der Waals surface area contributed by atoms with Gasteiger partial charge in [-0.2, -0.15) is 0 Å². The largest absolute Gasteiger partial charge is 0.354 e. The minimum atomic E-state index is -0.266. The molecule has 0 aromatic carbocycles. The SMILES string of the molecule is CCC1(C(=O)NCCCCC(C)C)CCCN1. The highest BCUT2D eigenvalue weighted by Crippen LogP contribution is 2.22. The van der Waals surface area contributed by atoms with Crippen LogP contribution in [0.25, 0.3) is 0 Å². The Morgan fingerprint density at radius 3 is 2.71 bits per heavy atom. The molecule has 0 aliphatic carbocycles. The van der Waals surface area contributed by atoms with Gasteiger partial charge in [0, 0.05) is 6.54 Å². The van der Waals surface area contributed by atoms with E-state index in [0.29, 0.717) is 0 Å². The highest BCUT2D eigenvalue weighted by atomic mass is 16.2. The van der Waals surface area contributed by atoms with Crippen molar-refractivity contribution in [2.75, 3.05) is 13.1 Å². The van der Waals surface area contributed by atoms with E-state index >= 15 is 0 Å². The maximum atomic E-state index is 12.1. The summed E-state index contributed by atoms with van der Waals surface area (Å²) < 4.78 is 0. The molecule has 1 heterocycles. The first kappa shape index (κ1) is 14.5. The second-order valence-electron chi connectivity index (χ2n) is 5.61. The molecule has 1 amide bonds. The fourth-order valence-corrected chi connectivity index (χ4v) is 2.51. The molecule has 0 bridgehead atoms. The highest BCUT2D eigenvalue weighted by Gasteiger charge is 2.38. The van der Waals surface area contributed by atoms with Gasteiger partial charge in [0.25, 0.3) is 0 Å². The molecule has 1 saturated heterocycles. The summed E-state index contributed by atoms with van der Waals surface area (Å²) in [6.45, 7) is 8.39. The molecule has 0 radical (unpaired) electrons. The molecule has 2 N–H and O–H groups in total. The van der Waals surface area contributed by atoms with Crippen molar-refractivity contribution in [3.8, 4) is 0 Å². The minimum absolute atomic E-state index is 0.210. The first-order valence-electron chi connectivity index (χ1n) is 7.14. The summed E-state index contributed by atoms with van der Waals surface area (Å²) in [5.41, 5.74) is -0.266. The van der Waals surface area contributed by atoms with E-state index in [0.717, 1.165) is 44.7 Å². The lowest BCUT2D eigenvalue weighted by molar-refractivity contribution is -0.127. The monoisotopic (exact) mass is 240 g/mol. The van der Waals surface area contributed by atoms with Gasteiger partial charge in [0.1, 0.15) is 0 Å². The molecule has 3 nitrogen and oxygen atoms in total. The number of amides is 1. The Morgan fingerprint density at radius 2 is 2.18 bits per heavy atom. The van der Waals surface area contributed by atoms with Crippen LogP contribution in [0, 0.1) is 5.92 Å². The number of hydrogen-bond donors (Lipinski definition) is 2. The fraction of sp³-hybridized carbons (Fsp3) is 0.929. The minimum Gasteiger partial charge on any atom is -0.354 e. The second kappa shape index (κ2) is 7.00. The molecule has 3 heteroatoms. The molecule has 17 heavy (non-hydrogen) atoms. The molecule has 1 aliphatic heterocycles. The summed E-state index contributed by atoms with van der Waals surface area (Å²) in [4.78, 5) is 12.1. The third-order valence-corrected chi connectivity index (χ3v) is 3.78. The summed E-state index contributed by atoms with van der Waals surface area (Å²) in [6.07, 6.45) is 6.57. The molecule has 1 rings (SSSR count). The lowest BCUT2D eigenvalue weighted by atomic mass is 9.93. The van der Waals surface area contributed by atoms with Crippen LogP contribution in [0.5, 0.6) is 0 Å². The maximum Gasteiger partial charge on any atom is 0.240 e. The van der Waals surface area contributed by atoms with Crippen molar-refractivity contribution < 1.29 is 4.79 Å². The second-order valence-corrected chi connectivity index (χ2v) is 5.61. The first-order valence-corrected chi connectivity index (χ1v) is 7.14. The maximum absolute atomic E-state index is 12.1. The van der Waals surface area contributed by atoms with Crippen molar-refractivity contribution in [3.63, 3.8) is 0 Å². The zero-order chi connectivity index (χ0) is 12.7. The Morgan fingerprint density at radius 1 is 1.41 bits per heavy atom. The third-order valence-electron chi connectivity index (χ3n) is 3.78. The van der Waals surface area contributed by atoms with Crippen LogP contribution in [0.15, 0.2) is 0 Å². The molecule has 1 unspecified atom stereocenters. The van der Waals surface area contributed by atoms with Gasteiger partial charge < -0.3 is 10.6 Å². The molecule has 0 aromatic heterocycles. The molecule has 1 atom stereocenters. The van der Waals surface area contributed by atoms with Gasteiger partial charge in [-0.15, -0.1) is 0 Å². The van der Waals surface area contributed by atoms with Gasteiger partial charge in [0.15, 0.2) is 0 Å². The zero-order valence-corrected chi connectivity index (χ0v) is 11.6. The van der Waals surface area contributed by atoms with Crippen molar-refractivity contribution >= 4 is 5.91 Å². The van der Waals surface area contributed by atoms with E-state index in [1.807, 2.05) is 0 Å². The molecule has 1 aliphatic rings. The van der Waals surface area contributed by atoms with Gasteiger partial charge in [-0.3, -0.25) is 4.79 Å². The Hall–Kier alpha value is -0.570. The lowest BCUT2D eigenvalue weighted by Crippen LogP contribution is -2.53. The normalized spacial score (nSPS) is 24.2. The predicted octanol–water partition coefficient (Wildman–Crippen LogP) is 2.46. The lowest BCUT2D eigenvalue weighted by Gasteiger charge is -2.26. The van der Waals surface area contributed by atoms with Gasteiger partial charge in [0.05, 0.1) is 5.54 Å². The highest BCUT2D eigenvalue weighted by molar-refractivity contribution is 5.86. The molecular formula is C14H28N2O. The van der Waals surface area contributed by atoms with E-state index < -0.39 is 0 Å². The number of unbranched alkanes of at least 4 members (excludes halogenated alkanes) is 1. The van der Waals surface area contributed by atoms with Crippen LogP contribution in [-0.2, 0) is 4.79 Å².